The van der Waals surface area contributed by atoms with Gasteiger partial charge < -0.3 is 0 Å². The highest BCUT2D eigenvalue weighted by atomic mass is 14.7. The van der Waals surface area contributed by atoms with Gasteiger partial charge in [-0.2, -0.15) is 0 Å². The third-order valence-corrected chi connectivity index (χ3v) is 7.66. The number of nitrogens with zero attached hydrogens (tertiary/aromatic N) is 4. The van der Waals surface area contributed by atoms with Crippen molar-refractivity contribution >= 4 is 0 Å². The van der Waals surface area contributed by atoms with E-state index in [0.717, 1.165) is 36.8 Å². The van der Waals surface area contributed by atoms with Crippen molar-refractivity contribution in [3.8, 4) is 12.1 Å². The first-order valence-electron chi connectivity index (χ1n) is 10.4. The van der Waals surface area contributed by atoms with E-state index in [4.69, 9.17) is 13.1 Å². The molecule has 0 aromatic rings. The van der Waals surface area contributed by atoms with E-state index in [1.165, 1.54) is 0 Å². The van der Waals surface area contributed by atoms with Crippen molar-refractivity contribution in [2.24, 2.45) is 47.3 Å². The lowest BCUT2D eigenvalue weighted by Gasteiger charge is -2.41. The first-order chi connectivity index (χ1) is 13.4. The third-order valence-electron chi connectivity index (χ3n) is 7.66. The van der Waals surface area contributed by atoms with Gasteiger partial charge in [-0.25, -0.2) is 20.2 Å². The minimum Gasteiger partial charge on any atom is -0.227 e. The zero-order valence-corrected chi connectivity index (χ0v) is 17.2. The van der Waals surface area contributed by atoms with Gasteiger partial charge in [-0.1, -0.05) is 27.7 Å². The van der Waals surface area contributed by atoms with Crippen molar-refractivity contribution in [1.29, 1.82) is 10.5 Å². The van der Waals surface area contributed by atoms with Gasteiger partial charge in [-0.05, 0) is 84.2 Å². The van der Waals surface area contributed by atoms with Gasteiger partial charge in [0.05, 0.1) is 25.3 Å². The molecule has 4 unspecified atom stereocenters. The minimum absolute atomic E-state index is 0.142. The lowest BCUT2D eigenvalue weighted by atomic mass is 9.63. The SMILES string of the molecule is [C-]#[N+]C(C#N)=C1C2CC(C(C)C)CC2C(=C(C#N)[N+]#[C-])C2CC(C(C)C)CC12. The van der Waals surface area contributed by atoms with Gasteiger partial charge >= 0.3 is 0 Å². The summed E-state index contributed by atoms with van der Waals surface area (Å²) in [5.41, 5.74) is 2.67. The molecule has 144 valence electrons. The predicted octanol–water partition coefficient (Wildman–Crippen LogP) is 5.99. The quantitative estimate of drug-likeness (QED) is 0.441. The summed E-state index contributed by atoms with van der Waals surface area (Å²) in [5, 5.41) is 19.4. The topological polar surface area (TPSA) is 56.3 Å². The fraction of sp³-hybridized carbons (Fsp3) is 0.667. The summed E-state index contributed by atoms with van der Waals surface area (Å²) in [6.45, 7) is 24.1. The van der Waals surface area contributed by atoms with Gasteiger partial charge in [-0.3, -0.25) is 0 Å². The highest BCUT2D eigenvalue weighted by molar-refractivity contribution is 5.47. The van der Waals surface area contributed by atoms with Crippen LogP contribution in [0.15, 0.2) is 22.5 Å². The molecule has 0 heterocycles. The van der Waals surface area contributed by atoms with Gasteiger partial charge in [0.1, 0.15) is 0 Å². The second kappa shape index (κ2) is 7.82. The Morgan fingerprint density at radius 2 is 1.04 bits per heavy atom. The third kappa shape index (κ3) is 3.13. The second-order valence-electron chi connectivity index (χ2n) is 9.43. The number of nitriles is 2. The highest BCUT2D eigenvalue weighted by Gasteiger charge is 2.53. The van der Waals surface area contributed by atoms with Crippen molar-refractivity contribution in [2.45, 2.75) is 53.4 Å². The molecule has 4 heteroatoms. The summed E-state index contributed by atoms with van der Waals surface area (Å²) < 4.78 is 0. The second-order valence-corrected chi connectivity index (χ2v) is 9.43. The number of hydrogen-bond donors (Lipinski definition) is 0. The van der Waals surface area contributed by atoms with Crippen LogP contribution in [0, 0.1) is 83.1 Å². The maximum Gasteiger partial charge on any atom is 0.261 e. The summed E-state index contributed by atoms with van der Waals surface area (Å²) in [6.07, 6.45) is 3.87. The summed E-state index contributed by atoms with van der Waals surface area (Å²) in [7, 11) is 0. The van der Waals surface area contributed by atoms with E-state index in [-0.39, 0.29) is 35.1 Å². The van der Waals surface area contributed by atoms with Crippen LogP contribution in [-0.2, 0) is 0 Å². The van der Waals surface area contributed by atoms with Crippen LogP contribution in [0.1, 0.15) is 53.4 Å². The Labute approximate surface area is 169 Å². The first kappa shape index (κ1) is 20.2. The van der Waals surface area contributed by atoms with Crippen molar-refractivity contribution in [3.05, 3.63) is 45.4 Å². The van der Waals surface area contributed by atoms with Crippen LogP contribution >= 0.6 is 0 Å². The molecule has 0 spiro atoms. The van der Waals surface area contributed by atoms with Crippen LogP contribution in [0.25, 0.3) is 9.69 Å². The van der Waals surface area contributed by atoms with E-state index >= 15 is 0 Å². The van der Waals surface area contributed by atoms with E-state index in [0.29, 0.717) is 23.7 Å². The molecular weight excluding hydrogens is 344 g/mol. The maximum atomic E-state index is 9.70. The molecule has 0 aliphatic heterocycles. The number of fused-ring (bicyclic) bond motifs is 2. The molecule has 0 saturated heterocycles. The van der Waals surface area contributed by atoms with Crippen molar-refractivity contribution in [2.75, 3.05) is 0 Å². The molecule has 3 rings (SSSR count). The van der Waals surface area contributed by atoms with Crippen molar-refractivity contribution < 1.29 is 0 Å². The molecule has 0 bridgehead atoms. The van der Waals surface area contributed by atoms with Gasteiger partial charge in [0.2, 0.25) is 0 Å². The smallest absolute Gasteiger partial charge is 0.227 e. The van der Waals surface area contributed by atoms with Gasteiger partial charge in [0.25, 0.3) is 11.4 Å². The van der Waals surface area contributed by atoms with Gasteiger partial charge in [0.15, 0.2) is 0 Å². The average Bonchev–Trinajstić information content (AvgIpc) is 3.29. The molecule has 3 fully saturated rings. The summed E-state index contributed by atoms with van der Waals surface area (Å²) in [5.74, 6) is 2.63. The average molecular weight is 373 g/mol. The highest BCUT2D eigenvalue weighted by Crippen LogP contribution is 2.62. The van der Waals surface area contributed by atoms with Crippen LogP contribution in [0.5, 0.6) is 0 Å². The van der Waals surface area contributed by atoms with Crippen molar-refractivity contribution in [3.63, 3.8) is 0 Å². The molecule has 0 amide bonds. The van der Waals surface area contributed by atoms with Crippen LogP contribution in [0.4, 0.5) is 0 Å². The molecule has 3 aliphatic rings. The molecule has 4 nitrogen and oxygen atoms in total. The number of rotatable bonds is 2. The Morgan fingerprint density at radius 3 is 1.21 bits per heavy atom. The van der Waals surface area contributed by atoms with Crippen LogP contribution in [0.3, 0.4) is 0 Å². The monoisotopic (exact) mass is 372 g/mol. The molecule has 0 radical (unpaired) electrons. The van der Waals surface area contributed by atoms with Gasteiger partial charge in [0, 0.05) is 0 Å². The Balaban J connectivity index is 2.22. The largest absolute Gasteiger partial charge is 0.261 e. The van der Waals surface area contributed by atoms with Gasteiger partial charge in [-0.15, -0.1) is 0 Å². The zero-order valence-electron chi connectivity index (χ0n) is 17.2. The predicted molar refractivity (Wildman–Crippen MR) is 108 cm³/mol. The van der Waals surface area contributed by atoms with E-state index < -0.39 is 0 Å². The van der Waals surface area contributed by atoms with E-state index in [9.17, 15) is 10.5 Å². The van der Waals surface area contributed by atoms with Crippen LogP contribution in [-0.4, -0.2) is 0 Å². The molecule has 28 heavy (non-hydrogen) atoms. The fourth-order valence-corrected chi connectivity index (χ4v) is 6.18. The summed E-state index contributed by atoms with van der Waals surface area (Å²) >= 11 is 0. The van der Waals surface area contributed by atoms with Crippen molar-refractivity contribution in [1.82, 2.24) is 0 Å². The molecule has 3 saturated carbocycles. The van der Waals surface area contributed by atoms with Crippen LogP contribution < -0.4 is 0 Å². The Morgan fingerprint density at radius 1 is 0.750 bits per heavy atom. The molecule has 0 aromatic carbocycles. The summed E-state index contributed by atoms with van der Waals surface area (Å²) in [6, 6.07) is 4.38. The Hall–Kier alpha value is -2.56. The zero-order chi connectivity index (χ0) is 20.6. The molecule has 0 N–H and O–H groups in total. The standard InChI is InChI=1S/C24H28N4/c1-13(2)15-7-17-18(8-15)24(22(12-26)28-6)20-10-16(14(3)4)9-19(20)23(17)21(11-25)27-5/h13-20H,7-10H2,1-4H3. The molecule has 4 atom stereocenters. The first-order valence-corrected chi connectivity index (χ1v) is 10.4. The maximum absolute atomic E-state index is 9.70. The lowest BCUT2D eigenvalue weighted by Crippen LogP contribution is -2.32. The lowest BCUT2D eigenvalue weighted by molar-refractivity contribution is 0.313. The fourth-order valence-electron chi connectivity index (χ4n) is 6.18. The van der Waals surface area contributed by atoms with E-state index in [2.05, 4.69) is 49.5 Å². The summed E-state index contributed by atoms with van der Waals surface area (Å²) in [4.78, 5) is 7.26. The number of allylic oxidation sites excluding steroid dienone is 4. The van der Waals surface area contributed by atoms with Crippen LogP contribution in [0.2, 0.25) is 0 Å². The molecule has 3 aliphatic carbocycles. The normalized spacial score (nSPS) is 33.5. The minimum atomic E-state index is 0.142. The molecular formula is C24H28N4. The Kier molecular flexibility index (Phi) is 5.64. The van der Waals surface area contributed by atoms with E-state index in [1.54, 1.807) is 0 Å². The molecule has 0 aromatic heterocycles. The Bertz CT molecular complexity index is 744. The number of hydrogen-bond acceptors (Lipinski definition) is 2. The van der Waals surface area contributed by atoms with E-state index in [1.807, 2.05) is 0 Å².